The topological polar surface area (TPSA) is 72.2 Å². The maximum absolute atomic E-state index is 12.1. The van der Waals surface area contributed by atoms with E-state index < -0.39 is 4.92 Å². The predicted octanol–water partition coefficient (Wildman–Crippen LogP) is 2.56. The third kappa shape index (κ3) is 3.61. The van der Waals surface area contributed by atoms with Gasteiger partial charge >= 0.3 is 0 Å². The number of nitrogens with zero attached hydrogens (tertiary/aromatic N) is 1. The lowest BCUT2D eigenvalue weighted by atomic mass is 9.90. The number of hydrogen-bond donors (Lipinski definition) is 1. The van der Waals surface area contributed by atoms with Crippen LogP contribution in [-0.4, -0.2) is 23.3 Å². The second kappa shape index (κ2) is 5.93. The molecule has 102 valence electrons. The monoisotopic (exact) mass is 262 g/mol. The molecule has 0 saturated carbocycles. The Balaban J connectivity index is 2.03. The molecule has 0 bridgehead atoms. The zero-order valence-electron chi connectivity index (χ0n) is 11.0. The van der Waals surface area contributed by atoms with Crippen molar-refractivity contribution in [3.63, 3.8) is 0 Å². The summed E-state index contributed by atoms with van der Waals surface area (Å²) in [5.74, 6) is 0.597. The molecule has 2 rings (SSSR count). The number of non-ortho nitro benzene ring substituents is 1. The first-order chi connectivity index (χ1) is 9.06. The summed E-state index contributed by atoms with van der Waals surface area (Å²) < 4.78 is 0. The third-order valence-corrected chi connectivity index (χ3v) is 3.57. The zero-order valence-corrected chi connectivity index (χ0v) is 11.0. The lowest BCUT2D eigenvalue weighted by molar-refractivity contribution is -0.384. The molecule has 5 heteroatoms. The van der Waals surface area contributed by atoms with Gasteiger partial charge in [0.2, 0.25) is 0 Å². The largest absolute Gasteiger partial charge is 0.314 e. The first-order valence-corrected chi connectivity index (χ1v) is 6.57. The maximum Gasteiger partial charge on any atom is 0.270 e. The molecule has 5 nitrogen and oxygen atoms in total. The molecule has 0 radical (unpaired) electrons. The van der Waals surface area contributed by atoms with Gasteiger partial charge in [-0.25, -0.2) is 0 Å². The molecule has 2 atom stereocenters. The van der Waals surface area contributed by atoms with Gasteiger partial charge in [0.25, 0.3) is 5.69 Å². The standard InChI is InChI=1S/C14H18N2O3/c1-10-5-6-15-12(7-10)9-14(17)11-3-2-4-13(8-11)16(18)19/h2-4,8,10,12,15H,5-7,9H2,1H3. The van der Waals surface area contributed by atoms with Crippen molar-refractivity contribution in [2.45, 2.75) is 32.2 Å². The first kappa shape index (κ1) is 13.7. The second-order valence-electron chi connectivity index (χ2n) is 5.22. The van der Waals surface area contributed by atoms with Crippen molar-refractivity contribution in [1.82, 2.24) is 5.32 Å². The summed E-state index contributed by atoms with van der Waals surface area (Å²) in [6.45, 7) is 3.12. The van der Waals surface area contributed by atoms with Crippen LogP contribution in [0.5, 0.6) is 0 Å². The normalized spacial score (nSPS) is 23.0. The SMILES string of the molecule is CC1CCNC(CC(=O)c2cccc([N+](=O)[O-])c2)C1. The van der Waals surface area contributed by atoms with E-state index in [1.54, 1.807) is 12.1 Å². The number of ketones is 1. The molecule has 1 aliphatic heterocycles. The molecule has 1 aromatic carbocycles. The van der Waals surface area contributed by atoms with Gasteiger partial charge in [0.15, 0.2) is 5.78 Å². The molecule has 1 N–H and O–H groups in total. The lowest BCUT2D eigenvalue weighted by Crippen LogP contribution is -2.38. The van der Waals surface area contributed by atoms with Gasteiger partial charge in [0.05, 0.1) is 4.92 Å². The van der Waals surface area contributed by atoms with Crippen molar-refractivity contribution in [3.8, 4) is 0 Å². The Labute approximate surface area is 112 Å². The molecular weight excluding hydrogens is 244 g/mol. The molecule has 1 fully saturated rings. The number of piperidine rings is 1. The van der Waals surface area contributed by atoms with Gasteiger partial charge in [-0.1, -0.05) is 19.1 Å². The van der Waals surface area contributed by atoms with Crippen molar-refractivity contribution in [3.05, 3.63) is 39.9 Å². The zero-order chi connectivity index (χ0) is 13.8. The van der Waals surface area contributed by atoms with Crippen LogP contribution in [-0.2, 0) is 0 Å². The van der Waals surface area contributed by atoms with Gasteiger partial charge in [-0.2, -0.15) is 0 Å². The average molecular weight is 262 g/mol. The molecule has 1 heterocycles. The molecular formula is C14H18N2O3. The van der Waals surface area contributed by atoms with E-state index in [0.717, 1.165) is 19.4 Å². The predicted molar refractivity (Wildman–Crippen MR) is 72.2 cm³/mol. The van der Waals surface area contributed by atoms with Crippen LogP contribution in [0.25, 0.3) is 0 Å². The van der Waals surface area contributed by atoms with Crippen LogP contribution in [0, 0.1) is 16.0 Å². The highest BCUT2D eigenvalue weighted by molar-refractivity contribution is 5.97. The summed E-state index contributed by atoms with van der Waals surface area (Å²) in [5.41, 5.74) is 0.394. The van der Waals surface area contributed by atoms with Gasteiger partial charge in [0.1, 0.15) is 0 Å². The Hall–Kier alpha value is -1.75. The lowest BCUT2D eigenvalue weighted by Gasteiger charge is -2.27. The van der Waals surface area contributed by atoms with Crippen LogP contribution < -0.4 is 5.32 Å². The van der Waals surface area contributed by atoms with Gasteiger partial charge in [-0.3, -0.25) is 14.9 Å². The van der Waals surface area contributed by atoms with Crippen molar-refractivity contribution < 1.29 is 9.72 Å². The van der Waals surface area contributed by atoms with Crippen molar-refractivity contribution in [2.24, 2.45) is 5.92 Å². The minimum absolute atomic E-state index is 0.0316. The van der Waals surface area contributed by atoms with E-state index in [9.17, 15) is 14.9 Å². The summed E-state index contributed by atoms with van der Waals surface area (Å²) >= 11 is 0. The second-order valence-corrected chi connectivity index (χ2v) is 5.22. The molecule has 0 aliphatic carbocycles. The van der Waals surface area contributed by atoms with E-state index in [0.29, 0.717) is 17.9 Å². The van der Waals surface area contributed by atoms with E-state index in [2.05, 4.69) is 12.2 Å². The molecule has 0 aromatic heterocycles. The summed E-state index contributed by atoms with van der Waals surface area (Å²) in [5, 5.41) is 14.0. The summed E-state index contributed by atoms with van der Waals surface area (Å²) in [4.78, 5) is 22.3. The number of Topliss-reactive ketones (excluding diaryl/α,β-unsaturated/α-hetero) is 1. The highest BCUT2D eigenvalue weighted by Crippen LogP contribution is 2.20. The van der Waals surface area contributed by atoms with E-state index in [1.165, 1.54) is 12.1 Å². The molecule has 1 aromatic rings. The maximum atomic E-state index is 12.1. The highest BCUT2D eigenvalue weighted by atomic mass is 16.6. The minimum atomic E-state index is -0.474. The van der Waals surface area contributed by atoms with Crippen molar-refractivity contribution >= 4 is 11.5 Å². The van der Waals surface area contributed by atoms with Crippen LogP contribution in [0.1, 0.15) is 36.5 Å². The number of carbonyl (C=O) groups excluding carboxylic acids is 1. The average Bonchev–Trinajstić information content (AvgIpc) is 2.39. The Morgan fingerprint density at radius 3 is 3.00 bits per heavy atom. The van der Waals surface area contributed by atoms with Gasteiger partial charge < -0.3 is 5.32 Å². The molecule has 1 aliphatic rings. The van der Waals surface area contributed by atoms with E-state index in [-0.39, 0.29) is 17.5 Å². The molecule has 2 unspecified atom stereocenters. The van der Waals surface area contributed by atoms with Crippen LogP contribution in [0.15, 0.2) is 24.3 Å². The Morgan fingerprint density at radius 2 is 2.32 bits per heavy atom. The molecule has 1 saturated heterocycles. The summed E-state index contributed by atoms with van der Waals surface area (Å²) in [6.07, 6.45) is 2.54. The molecule has 0 spiro atoms. The van der Waals surface area contributed by atoms with Crippen molar-refractivity contribution in [1.29, 1.82) is 0 Å². The van der Waals surface area contributed by atoms with Crippen LogP contribution in [0.2, 0.25) is 0 Å². The van der Waals surface area contributed by atoms with Crippen LogP contribution >= 0.6 is 0 Å². The van der Waals surface area contributed by atoms with E-state index in [4.69, 9.17) is 0 Å². The Kier molecular flexibility index (Phi) is 4.27. The Morgan fingerprint density at radius 1 is 1.53 bits per heavy atom. The van der Waals surface area contributed by atoms with E-state index in [1.807, 2.05) is 0 Å². The number of nitro benzene ring substituents is 1. The number of carbonyl (C=O) groups is 1. The fourth-order valence-electron chi connectivity index (χ4n) is 2.51. The highest BCUT2D eigenvalue weighted by Gasteiger charge is 2.22. The third-order valence-electron chi connectivity index (χ3n) is 3.57. The fraction of sp³-hybridized carbons (Fsp3) is 0.500. The number of nitrogens with one attached hydrogen (secondary N) is 1. The van der Waals surface area contributed by atoms with Crippen LogP contribution in [0.4, 0.5) is 5.69 Å². The smallest absolute Gasteiger partial charge is 0.270 e. The van der Waals surface area contributed by atoms with Crippen molar-refractivity contribution in [2.75, 3.05) is 6.54 Å². The Bertz CT molecular complexity index is 487. The quantitative estimate of drug-likeness (QED) is 0.514. The summed E-state index contributed by atoms with van der Waals surface area (Å²) in [6, 6.07) is 6.14. The van der Waals surface area contributed by atoms with Gasteiger partial charge in [-0.15, -0.1) is 0 Å². The first-order valence-electron chi connectivity index (χ1n) is 6.57. The minimum Gasteiger partial charge on any atom is -0.314 e. The number of benzene rings is 1. The summed E-state index contributed by atoms with van der Waals surface area (Å²) in [7, 11) is 0. The van der Waals surface area contributed by atoms with Gasteiger partial charge in [-0.05, 0) is 25.3 Å². The number of rotatable bonds is 4. The number of nitro groups is 1. The molecule has 0 amide bonds. The van der Waals surface area contributed by atoms with E-state index >= 15 is 0 Å². The fourth-order valence-corrected chi connectivity index (χ4v) is 2.51. The molecule has 19 heavy (non-hydrogen) atoms. The van der Waals surface area contributed by atoms with Gasteiger partial charge in [0, 0.05) is 30.2 Å². The number of hydrogen-bond acceptors (Lipinski definition) is 4. The van der Waals surface area contributed by atoms with Crippen LogP contribution in [0.3, 0.4) is 0 Å².